The quantitative estimate of drug-likeness (QED) is 0.0989. The summed E-state index contributed by atoms with van der Waals surface area (Å²) in [4.78, 5) is 43.3. The Hall–Kier alpha value is -5.05. The lowest BCUT2D eigenvalue weighted by molar-refractivity contribution is -0.384. The second-order valence-corrected chi connectivity index (χ2v) is 10.2. The third-order valence-electron chi connectivity index (χ3n) is 7.52. The number of benzene rings is 3. The van der Waals surface area contributed by atoms with Crippen LogP contribution in [0.4, 0.5) is 5.69 Å². The smallest absolute Gasteiger partial charge is 0.305 e. The van der Waals surface area contributed by atoms with Gasteiger partial charge in [-0.15, -0.1) is 0 Å². The van der Waals surface area contributed by atoms with Crippen LogP contribution in [0.2, 0.25) is 0 Å². The average Bonchev–Trinajstić information content (AvgIpc) is 3.28. The number of nitro groups is 1. The van der Waals surface area contributed by atoms with Crippen LogP contribution in [0.1, 0.15) is 64.6 Å². The molecule has 42 heavy (non-hydrogen) atoms. The molecule has 1 aliphatic heterocycles. The van der Waals surface area contributed by atoms with Gasteiger partial charge in [0.15, 0.2) is 0 Å². The van der Waals surface area contributed by atoms with E-state index >= 15 is 0 Å². The largest absolute Gasteiger partial charge is 0.505 e. The number of aromatic hydroxyl groups is 1. The van der Waals surface area contributed by atoms with E-state index in [4.69, 9.17) is 9.72 Å². The Balaban J connectivity index is 1.61. The van der Waals surface area contributed by atoms with Gasteiger partial charge in [-0.2, -0.15) is 0 Å². The summed E-state index contributed by atoms with van der Waals surface area (Å²) in [6.45, 7) is 0.421. The van der Waals surface area contributed by atoms with Crippen LogP contribution in [0.25, 0.3) is 11.1 Å². The Bertz CT molecular complexity index is 1590. The molecule has 1 N–H and O–H groups in total. The van der Waals surface area contributed by atoms with Gasteiger partial charge in [-0.1, -0.05) is 67.1 Å². The van der Waals surface area contributed by atoms with Gasteiger partial charge in [0.2, 0.25) is 0 Å². The van der Waals surface area contributed by atoms with Crippen molar-refractivity contribution in [1.29, 1.82) is 0 Å². The molecule has 9 nitrogen and oxygen atoms in total. The van der Waals surface area contributed by atoms with Crippen molar-refractivity contribution in [3.05, 3.63) is 123 Å². The normalized spacial score (nSPS) is 14.1. The monoisotopic (exact) mass is 565 g/mol. The van der Waals surface area contributed by atoms with E-state index in [1.54, 1.807) is 17.0 Å². The second-order valence-electron chi connectivity index (χ2n) is 10.2. The highest BCUT2D eigenvalue weighted by atomic mass is 16.6. The molecule has 214 valence electrons. The minimum Gasteiger partial charge on any atom is -0.505 e. The Morgan fingerprint density at radius 3 is 2.26 bits per heavy atom. The number of non-ortho nitro benzene ring substituents is 1. The van der Waals surface area contributed by atoms with Crippen LogP contribution in [0, 0.1) is 10.1 Å². The minimum absolute atomic E-state index is 0.0875. The van der Waals surface area contributed by atoms with Gasteiger partial charge in [0.1, 0.15) is 11.8 Å². The molecule has 1 atom stereocenters. The Morgan fingerprint density at radius 1 is 0.952 bits per heavy atom. The van der Waals surface area contributed by atoms with Crippen molar-refractivity contribution in [3.8, 4) is 16.9 Å². The number of nitrogens with zero attached hydrogens (tertiary/aromatic N) is 3. The van der Waals surface area contributed by atoms with Crippen LogP contribution in [-0.2, 0) is 16.0 Å². The molecule has 1 aromatic heterocycles. The lowest BCUT2D eigenvalue weighted by Crippen LogP contribution is -2.30. The number of hydrogen-bond acceptors (Lipinski definition) is 7. The molecule has 0 saturated carbocycles. The fraction of sp³-hybridized carbons (Fsp3) is 0.242. The lowest BCUT2D eigenvalue weighted by Gasteiger charge is -2.25. The maximum Gasteiger partial charge on any atom is 0.305 e. The van der Waals surface area contributed by atoms with Crippen molar-refractivity contribution in [2.24, 2.45) is 0 Å². The maximum absolute atomic E-state index is 14.2. The molecule has 5 rings (SSSR count). The van der Waals surface area contributed by atoms with Gasteiger partial charge in [0, 0.05) is 37.1 Å². The molecule has 0 radical (unpaired) electrons. The molecular formula is C33H31N3O6. The number of aromatic nitrogens is 1. The minimum atomic E-state index is -0.486. The van der Waals surface area contributed by atoms with Crippen LogP contribution in [0.5, 0.6) is 5.75 Å². The fourth-order valence-electron chi connectivity index (χ4n) is 5.45. The first-order chi connectivity index (χ1) is 20.4. The lowest BCUT2D eigenvalue weighted by atomic mass is 9.93. The highest BCUT2D eigenvalue weighted by Gasteiger charge is 2.42. The first-order valence-electron chi connectivity index (χ1n) is 13.9. The van der Waals surface area contributed by atoms with Crippen molar-refractivity contribution >= 4 is 17.6 Å². The van der Waals surface area contributed by atoms with Crippen molar-refractivity contribution in [2.75, 3.05) is 13.7 Å². The summed E-state index contributed by atoms with van der Waals surface area (Å²) < 4.78 is 4.73. The number of hydrogen-bond donors (Lipinski definition) is 1. The number of carbonyl (C=O) groups is 2. The van der Waals surface area contributed by atoms with E-state index in [2.05, 4.69) is 0 Å². The number of rotatable bonds is 11. The molecule has 0 spiro atoms. The van der Waals surface area contributed by atoms with Gasteiger partial charge < -0.3 is 14.7 Å². The van der Waals surface area contributed by atoms with E-state index in [1.165, 1.54) is 19.2 Å². The molecule has 1 aliphatic rings. The number of esters is 1. The molecule has 0 bridgehead atoms. The Morgan fingerprint density at radius 2 is 1.62 bits per heavy atom. The number of methoxy groups -OCH3 is 1. The van der Waals surface area contributed by atoms with E-state index in [0.717, 1.165) is 17.5 Å². The SMILES string of the molecule is COC(=O)CCCCCN1C(=O)c2c(nc(Cc3ccccc3)c(O)c2-c2ccc([N+](=O)[O-])cc2)C1c1ccccc1. The molecule has 4 aromatic rings. The van der Waals surface area contributed by atoms with Gasteiger partial charge in [-0.25, -0.2) is 0 Å². The molecule has 2 heterocycles. The number of pyridine rings is 1. The Kier molecular flexibility index (Phi) is 8.57. The highest BCUT2D eigenvalue weighted by molar-refractivity contribution is 6.06. The van der Waals surface area contributed by atoms with Crippen LogP contribution >= 0.6 is 0 Å². The predicted molar refractivity (Wildman–Crippen MR) is 157 cm³/mol. The van der Waals surface area contributed by atoms with Crippen molar-refractivity contribution < 1.29 is 24.4 Å². The van der Waals surface area contributed by atoms with E-state index in [9.17, 15) is 24.8 Å². The molecule has 9 heteroatoms. The number of fused-ring (bicyclic) bond motifs is 1. The summed E-state index contributed by atoms with van der Waals surface area (Å²) in [6, 6.07) is 24.6. The summed E-state index contributed by atoms with van der Waals surface area (Å²) in [5, 5.41) is 22.9. The van der Waals surface area contributed by atoms with E-state index in [1.807, 2.05) is 60.7 Å². The fourth-order valence-corrected chi connectivity index (χ4v) is 5.45. The van der Waals surface area contributed by atoms with Gasteiger partial charge in [0.05, 0.1) is 29.0 Å². The molecule has 3 aromatic carbocycles. The summed E-state index contributed by atoms with van der Waals surface area (Å²) in [5.41, 5.74) is 3.80. The van der Waals surface area contributed by atoms with Crippen LogP contribution in [-0.4, -0.2) is 45.4 Å². The van der Waals surface area contributed by atoms with Crippen LogP contribution < -0.4 is 0 Å². The molecule has 0 fully saturated rings. The first kappa shape index (κ1) is 28.5. The van der Waals surface area contributed by atoms with Crippen LogP contribution in [0.3, 0.4) is 0 Å². The van der Waals surface area contributed by atoms with E-state index in [0.29, 0.717) is 60.3 Å². The van der Waals surface area contributed by atoms with Gasteiger partial charge in [-0.05, 0) is 41.7 Å². The molecule has 0 saturated heterocycles. The Labute approximate surface area is 243 Å². The van der Waals surface area contributed by atoms with Crippen molar-refractivity contribution in [1.82, 2.24) is 9.88 Å². The molecule has 1 unspecified atom stereocenters. The predicted octanol–water partition coefficient (Wildman–Crippen LogP) is 6.23. The zero-order valence-electron chi connectivity index (χ0n) is 23.2. The van der Waals surface area contributed by atoms with Crippen molar-refractivity contribution in [2.45, 2.75) is 38.1 Å². The van der Waals surface area contributed by atoms with Gasteiger partial charge in [-0.3, -0.25) is 24.7 Å². The second kappa shape index (κ2) is 12.6. The number of unbranched alkanes of at least 4 members (excludes halogenated alkanes) is 2. The van der Waals surface area contributed by atoms with E-state index < -0.39 is 11.0 Å². The zero-order chi connectivity index (χ0) is 29.6. The molecule has 1 amide bonds. The third-order valence-corrected chi connectivity index (χ3v) is 7.52. The summed E-state index contributed by atoms with van der Waals surface area (Å²) >= 11 is 0. The number of ether oxygens (including phenoxy) is 1. The number of nitro benzene ring substituents is 1. The van der Waals surface area contributed by atoms with Gasteiger partial charge >= 0.3 is 5.97 Å². The van der Waals surface area contributed by atoms with Crippen LogP contribution in [0.15, 0.2) is 84.9 Å². The standard InChI is InChI=1S/C33H31N3O6/c1-42-27(37)15-9-4-10-20-35-31(24-13-7-3-8-14-24)30-29(33(35)39)28(23-16-18-25(19-17-23)36(40)41)32(38)26(34-30)21-22-11-5-2-6-12-22/h2-3,5-8,11-14,16-19,31,38H,4,9-10,15,20-21H2,1H3. The topological polar surface area (TPSA) is 123 Å². The maximum atomic E-state index is 14.2. The average molecular weight is 566 g/mol. The summed E-state index contributed by atoms with van der Waals surface area (Å²) in [7, 11) is 1.36. The third kappa shape index (κ3) is 5.85. The number of carbonyl (C=O) groups excluding carboxylic acids is 2. The van der Waals surface area contributed by atoms with E-state index in [-0.39, 0.29) is 23.3 Å². The molecule has 0 aliphatic carbocycles. The zero-order valence-corrected chi connectivity index (χ0v) is 23.2. The van der Waals surface area contributed by atoms with Crippen molar-refractivity contribution in [3.63, 3.8) is 0 Å². The highest BCUT2D eigenvalue weighted by Crippen LogP contribution is 2.46. The summed E-state index contributed by atoms with van der Waals surface area (Å²) in [6.07, 6.45) is 2.68. The molecular weight excluding hydrogens is 534 g/mol. The first-order valence-corrected chi connectivity index (χ1v) is 13.9. The number of amides is 1. The van der Waals surface area contributed by atoms with Gasteiger partial charge in [0.25, 0.3) is 11.6 Å². The summed E-state index contributed by atoms with van der Waals surface area (Å²) in [5.74, 6) is -0.652.